The van der Waals surface area contributed by atoms with Crippen LogP contribution in [-0.2, 0) is 6.18 Å². The van der Waals surface area contributed by atoms with Gasteiger partial charge >= 0.3 is 6.18 Å². The fraction of sp³-hybridized carbons (Fsp3) is 0.143. The molecule has 1 aromatic carbocycles. The van der Waals surface area contributed by atoms with Crippen molar-refractivity contribution >= 4 is 27.4 Å². The van der Waals surface area contributed by atoms with Gasteiger partial charge in [0.1, 0.15) is 11.9 Å². The minimum atomic E-state index is -4.46. The van der Waals surface area contributed by atoms with Crippen molar-refractivity contribution in [2.24, 2.45) is 0 Å². The fourth-order valence-electron chi connectivity index (χ4n) is 1.70. The molecule has 0 saturated carbocycles. The molecule has 0 saturated heterocycles. The highest BCUT2D eigenvalue weighted by molar-refractivity contribution is 9.10. The van der Waals surface area contributed by atoms with Crippen molar-refractivity contribution in [3.05, 3.63) is 51.6 Å². The first-order chi connectivity index (χ1) is 9.81. The van der Waals surface area contributed by atoms with Gasteiger partial charge in [-0.1, -0.05) is 15.9 Å². The molecule has 1 aromatic heterocycles. The van der Waals surface area contributed by atoms with E-state index in [1.54, 1.807) is 19.1 Å². The minimum Gasteiger partial charge on any atom is -0.339 e. The zero-order chi connectivity index (χ0) is 15.6. The number of nitriles is 1. The Bertz CT molecular complexity index is 720. The van der Waals surface area contributed by atoms with Crippen LogP contribution in [0.15, 0.2) is 34.8 Å². The number of aryl methyl sites for hydroxylation is 1. The highest BCUT2D eigenvalue weighted by Gasteiger charge is 2.33. The van der Waals surface area contributed by atoms with Gasteiger partial charge in [-0.3, -0.25) is 0 Å². The molecular weight excluding hydrogens is 347 g/mol. The molecule has 21 heavy (non-hydrogen) atoms. The molecule has 2 aromatic rings. The van der Waals surface area contributed by atoms with Crippen LogP contribution in [0, 0.1) is 18.3 Å². The molecule has 7 heteroatoms. The molecule has 1 N–H and O–H groups in total. The summed E-state index contributed by atoms with van der Waals surface area (Å²) in [6.07, 6.45) is -4.46. The Labute approximate surface area is 127 Å². The lowest BCUT2D eigenvalue weighted by Crippen LogP contribution is -2.07. The van der Waals surface area contributed by atoms with Crippen molar-refractivity contribution < 1.29 is 13.2 Å². The normalized spacial score (nSPS) is 11.0. The fourth-order valence-corrected chi connectivity index (χ4v) is 2.17. The molecule has 0 aliphatic carbocycles. The summed E-state index contributed by atoms with van der Waals surface area (Å²) in [4.78, 5) is 4.13. The van der Waals surface area contributed by atoms with E-state index in [1.165, 1.54) is 12.1 Å². The molecule has 0 bridgehead atoms. The molecule has 0 radical (unpaired) electrons. The minimum absolute atomic E-state index is 0.0433. The third kappa shape index (κ3) is 3.52. The lowest BCUT2D eigenvalue weighted by Gasteiger charge is -2.13. The van der Waals surface area contributed by atoms with Gasteiger partial charge in [-0.15, -0.1) is 0 Å². The molecule has 3 nitrogen and oxygen atoms in total. The van der Waals surface area contributed by atoms with Crippen molar-refractivity contribution in [3.8, 4) is 6.07 Å². The topological polar surface area (TPSA) is 48.7 Å². The number of halogens is 4. The zero-order valence-corrected chi connectivity index (χ0v) is 12.4. The average Bonchev–Trinajstić information content (AvgIpc) is 2.40. The molecule has 0 spiro atoms. The third-order valence-electron chi connectivity index (χ3n) is 2.69. The summed E-state index contributed by atoms with van der Waals surface area (Å²) >= 11 is 2.88. The molecule has 0 atom stereocenters. The molecule has 0 fully saturated rings. The standard InChI is InChI=1S/C14H9BrF3N3/c1-8-2-3-9(7-19)13(20-8)21-10-4-5-12(15)11(6-10)14(16,17)18/h2-6H,1H3,(H,20,21). The van der Waals surface area contributed by atoms with Crippen molar-refractivity contribution in [3.63, 3.8) is 0 Å². The summed E-state index contributed by atoms with van der Waals surface area (Å²) in [7, 11) is 0. The van der Waals surface area contributed by atoms with Crippen LogP contribution in [0.4, 0.5) is 24.7 Å². The Morgan fingerprint density at radius 2 is 1.95 bits per heavy atom. The smallest absolute Gasteiger partial charge is 0.339 e. The van der Waals surface area contributed by atoms with Gasteiger partial charge in [0, 0.05) is 15.9 Å². The van der Waals surface area contributed by atoms with Gasteiger partial charge in [0.2, 0.25) is 0 Å². The van der Waals surface area contributed by atoms with Crippen LogP contribution in [0.1, 0.15) is 16.8 Å². The number of hydrogen-bond acceptors (Lipinski definition) is 3. The van der Waals surface area contributed by atoms with Crippen LogP contribution in [-0.4, -0.2) is 4.98 Å². The van der Waals surface area contributed by atoms with Crippen molar-refractivity contribution in [2.45, 2.75) is 13.1 Å². The SMILES string of the molecule is Cc1ccc(C#N)c(Nc2ccc(Br)c(C(F)(F)F)c2)n1. The molecule has 0 aliphatic heterocycles. The predicted molar refractivity (Wildman–Crippen MR) is 76.1 cm³/mol. The second-order valence-electron chi connectivity index (χ2n) is 4.28. The van der Waals surface area contributed by atoms with Gasteiger partial charge in [-0.25, -0.2) is 4.98 Å². The van der Waals surface area contributed by atoms with Gasteiger partial charge in [-0.2, -0.15) is 18.4 Å². The number of hydrogen-bond donors (Lipinski definition) is 1. The quantitative estimate of drug-likeness (QED) is 0.842. The first-order valence-electron chi connectivity index (χ1n) is 5.83. The predicted octanol–water partition coefficient (Wildman–Crippen LogP) is 4.79. The van der Waals surface area contributed by atoms with Crippen LogP contribution in [0.3, 0.4) is 0 Å². The maximum atomic E-state index is 12.9. The second-order valence-corrected chi connectivity index (χ2v) is 5.13. The van der Waals surface area contributed by atoms with Crippen LogP contribution in [0.5, 0.6) is 0 Å². The monoisotopic (exact) mass is 355 g/mol. The number of anilines is 2. The van der Waals surface area contributed by atoms with E-state index in [0.29, 0.717) is 5.69 Å². The molecule has 0 aliphatic rings. The summed E-state index contributed by atoms with van der Waals surface area (Å²) in [6, 6.07) is 8.91. The molecule has 108 valence electrons. The van der Waals surface area contributed by atoms with Crippen LogP contribution in [0.2, 0.25) is 0 Å². The van der Waals surface area contributed by atoms with E-state index in [1.807, 2.05) is 6.07 Å². The third-order valence-corrected chi connectivity index (χ3v) is 3.38. The number of benzene rings is 1. The molecule has 1 heterocycles. The summed E-state index contributed by atoms with van der Waals surface area (Å²) in [6.45, 7) is 1.73. The Balaban J connectivity index is 2.42. The lowest BCUT2D eigenvalue weighted by atomic mass is 10.2. The van der Waals surface area contributed by atoms with E-state index in [4.69, 9.17) is 5.26 Å². The van der Waals surface area contributed by atoms with Gasteiger partial charge < -0.3 is 5.32 Å². The zero-order valence-electron chi connectivity index (χ0n) is 10.8. The Morgan fingerprint density at radius 3 is 2.57 bits per heavy atom. The van der Waals surface area contributed by atoms with Crippen molar-refractivity contribution in [1.82, 2.24) is 4.98 Å². The van der Waals surface area contributed by atoms with Crippen LogP contribution >= 0.6 is 15.9 Å². The van der Waals surface area contributed by atoms with Crippen LogP contribution < -0.4 is 5.32 Å². The highest BCUT2D eigenvalue weighted by atomic mass is 79.9. The van der Waals surface area contributed by atoms with Crippen molar-refractivity contribution in [2.75, 3.05) is 5.32 Å². The maximum Gasteiger partial charge on any atom is 0.417 e. The lowest BCUT2D eigenvalue weighted by molar-refractivity contribution is -0.138. The Morgan fingerprint density at radius 1 is 1.24 bits per heavy atom. The van der Waals surface area contributed by atoms with Crippen molar-refractivity contribution in [1.29, 1.82) is 5.26 Å². The average molecular weight is 356 g/mol. The van der Waals surface area contributed by atoms with E-state index < -0.39 is 11.7 Å². The van der Waals surface area contributed by atoms with Gasteiger partial charge in [0.25, 0.3) is 0 Å². The number of nitrogens with one attached hydrogen (secondary N) is 1. The van der Waals surface area contributed by atoms with Gasteiger partial charge in [0.05, 0.1) is 11.1 Å². The molecular formula is C14H9BrF3N3. The summed E-state index contributed by atoms with van der Waals surface area (Å²) in [5, 5.41) is 11.7. The first kappa shape index (κ1) is 15.3. The molecule has 2 rings (SSSR count). The first-order valence-corrected chi connectivity index (χ1v) is 6.62. The van der Waals surface area contributed by atoms with E-state index in [-0.39, 0.29) is 21.5 Å². The van der Waals surface area contributed by atoms with Gasteiger partial charge in [0.15, 0.2) is 0 Å². The largest absolute Gasteiger partial charge is 0.417 e. The van der Waals surface area contributed by atoms with Gasteiger partial charge in [-0.05, 0) is 37.3 Å². The Hall–Kier alpha value is -2.07. The summed E-state index contributed by atoms with van der Waals surface area (Å²) < 4.78 is 38.5. The molecule has 0 unspecified atom stereocenters. The summed E-state index contributed by atoms with van der Waals surface area (Å²) in [5.74, 6) is 0.230. The Kier molecular flexibility index (Phi) is 4.19. The maximum absolute atomic E-state index is 12.9. The summed E-state index contributed by atoms with van der Waals surface area (Å²) in [5.41, 5.74) is 0.334. The number of rotatable bonds is 2. The second kappa shape index (κ2) is 5.74. The highest BCUT2D eigenvalue weighted by Crippen LogP contribution is 2.36. The molecule has 0 amide bonds. The number of alkyl halides is 3. The number of nitrogens with zero attached hydrogens (tertiary/aromatic N) is 2. The van der Waals surface area contributed by atoms with E-state index in [2.05, 4.69) is 26.2 Å². The number of aromatic nitrogens is 1. The van der Waals surface area contributed by atoms with E-state index in [0.717, 1.165) is 6.07 Å². The number of pyridine rings is 1. The van der Waals surface area contributed by atoms with E-state index in [9.17, 15) is 13.2 Å². The van der Waals surface area contributed by atoms with Crippen LogP contribution in [0.25, 0.3) is 0 Å². The van der Waals surface area contributed by atoms with E-state index >= 15 is 0 Å².